The largest absolute Gasteiger partial charge is 0.492 e. The summed E-state index contributed by atoms with van der Waals surface area (Å²) in [6.45, 7) is 1.66. The summed E-state index contributed by atoms with van der Waals surface area (Å²) in [5.74, 6) is -1.96. The molecule has 184 valence electrons. The van der Waals surface area contributed by atoms with Crippen molar-refractivity contribution in [1.29, 1.82) is 5.26 Å². The molecule has 0 amide bonds. The molecule has 1 atom stereocenters. The molecule has 0 spiro atoms. The monoisotopic (exact) mass is 565 g/mol. The molecule has 3 rings (SSSR count). The number of halogens is 2. The SMILES string of the molecule is CCOCc1nc(O)c(S(=O)(=O)c2ccc(Br)c(F)c2)c(=O)n1[C@@H](COC)c1cccc(C#N)c1. The van der Waals surface area contributed by atoms with Gasteiger partial charge in [0.2, 0.25) is 15.7 Å². The van der Waals surface area contributed by atoms with E-state index in [0.717, 1.165) is 16.7 Å². The lowest BCUT2D eigenvalue weighted by Gasteiger charge is -2.24. The molecule has 0 bridgehead atoms. The Morgan fingerprint density at radius 1 is 1.29 bits per heavy atom. The number of rotatable bonds is 9. The lowest BCUT2D eigenvalue weighted by atomic mass is 10.0. The minimum absolute atomic E-state index is 0.0285. The zero-order valence-electron chi connectivity index (χ0n) is 18.7. The average molecular weight is 566 g/mol. The van der Waals surface area contributed by atoms with Crippen molar-refractivity contribution in [1.82, 2.24) is 9.55 Å². The van der Waals surface area contributed by atoms with Crippen LogP contribution in [0.1, 0.15) is 29.9 Å². The fraction of sp³-hybridized carbons (Fsp3) is 0.261. The van der Waals surface area contributed by atoms with Gasteiger partial charge in [-0.1, -0.05) is 12.1 Å². The van der Waals surface area contributed by atoms with Crippen molar-refractivity contribution in [3.8, 4) is 11.9 Å². The standard InChI is InChI=1S/C23H21BrFN3O6S/c1-3-34-13-20-27-22(29)21(35(31,32)16-7-8-17(24)18(25)10-16)23(30)28(20)19(12-33-2)15-6-4-5-14(9-15)11-26/h4-10,19,29H,3,12-13H2,1-2H3/t19-/m0/s1. The molecule has 1 heterocycles. The molecule has 2 aromatic carbocycles. The lowest BCUT2D eigenvalue weighted by molar-refractivity contribution is 0.116. The molecule has 0 saturated carbocycles. The van der Waals surface area contributed by atoms with Gasteiger partial charge in [0, 0.05) is 13.7 Å². The van der Waals surface area contributed by atoms with Crippen LogP contribution in [0.3, 0.4) is 0 Å². The second-order valence-electron chi connectivity index (χ2n) is 7.28. The maximum atomic E-state index is 14.1. The number of benzene rings is 2. The maximum absolute atomic E-state index is 14.1. The molecule has 1 aromatic heterocycles. The number of aromatic hydroxyl groups is 1. The van der Waals surface area contributed by atoms with E-state index in [1.165, 1.54) is 19.2 Å². The van der Waals surface area contributed by atoms with Crippen LogP contribution in [0.4, 0.5) is 4.39 Å². The third-order valence-electron chi connectivity index (χ3n) is 5.07. The smallest absolute Gasteiger partial charge is 0.277 e. The van der Waals surface area contributed by atoms with E-state index >= 15 is 0 Å². The van der Waals surface area contributed by atoms with Gasteiger partial charge in [-0.15, -0.1) is 0 Å². The Morgan fingerprint density at radius 3 is 2.66 bits per heavy atom. The molecule has 0 radical (unpaired) electrons. The summed E-state index contributed by atoms with van der Waals surface area (Å²) in [5, 5.41) is 19.8. The normalized spacial score (nSPS) is 12.3. The van der Waals surface area contributed by atoms with Gasteiger partial charge in [0.25, 0.3) is 5.56 Å². The third-order valence-corrected chi connectivity index (χ3v) is 7.48. The zero-order valence-corrected chi connectivity index (χ0v) is 21.1. The topological polar surface area (TPSA) is 132 Å². The number of sulfone groups is 1. The quantitative estimate of drug-likeness (QED) is 0.418. The molecule has 12 heteroatoms. The van der Waals surface area contributed by atoms with Crippen molar-refractivity contribution in [3.63, 3.8) is 0 Å². The number of ether oxygens (including phenoxy) is 2. The highest BCUT2D eigenvalue weighted by Gasteiger charge is 2.32. The predicted molar refractivity (Wildman–Crippen MR) is 126 cm³/mol. The fourth-order valence-electron chi connectivity index (χ4n) is 3.46. The molecular weight excluding hydrogens is 545 g/mol. The van der Waals surface area contributed by atoms with Gasteiger partial charge in [-0.05, 0) is 58.7 Å². The Kier molecular flexibility index (Phi) is 8.39. The molecule has 35 heavy (non-hydrogen) atoms. The van der Waals surface area contributed by atoms with E-state index in [1.54, 1.807) is 25.1 Å². The van der Waals surface area contributed by atoms with E-state index in [4.69, 9.17) is 9.47 Å². The molecule has 0 unspecified atom stereocenters. The van der Waals surface area contributed by atoms with Gasteiger partial charge in [-0.2, -0.15) is 10.2 Å². The van der Waals surface area contributed by atoms with E-state index in [1.807, 2.05) is 6.07 Å². The van der Waals surface area contributed by atoms with Crippen LogP contribution < -0.4 is 5.56 Å². The van der Waals surface area contributed by atoms with Crippen molar-refractivity contribution in [2.45, 2.75) is 29.4 Å². The molecular formula is C23H21BrFN3O6S. The summed E-state index contributed by atoms with van der Waals surface area (Å²) in [6.07, 6.45) is 0. The van der Waals surface area contributed by atoms with E-state index in [2.05, 4.69) is 20.9 Å². The van der Waals surface area contributed by atoms with Crippen LogP contribution in [0.2, 0.25) is 0 Å². The van der Waals surface area contributed by atoms with Gasteiger partial charge in [0.05, 0.1) is 33.6 Å². The molecule has 1 N–H and O–H groups in total. The van der Waals surface area contributed by atoms with Gasteiger partial charge in [-0.3, -0.25) is 9.36 Å². The average Bonchev–Trinajstić information content (AvgIpc) is 2.83. The highest BCUT2D eigenvalue weighted by Crippen LogP contribution is 2.29. The van der Waals surface area contributed by atoms with Crippen molar-refractivity contribution in [3.05, 3.63) is 80.1 Å². The van der Waals surface area contributed by atoms with Crippen molar-refractivity contribution in [2.75, 3.05) is 20.3 Å². The van der Waals surface area contributed by atoms with Gasteiger partial charge in [0.15, 0.2) is 4.90 Å². The minimum Gasteiger partial charge on any atom is -0.492 e. The van der Waals surface area contributed by atoms with E-state index in [-0.39, 0.29) is 30.1 Å². The molecule has 3 aromatic rings. The van der Waals surface area contributed by atoms with E-state index < -0.39 is 42.9 Å². The first-order valence-electron chi connectivity index (χ1n) is 10.3. The maximum Gasteiger partial charge on any atom is 0.277 e. The minimum atomic E-state index is -4.68. The first-order chi connectivity index (χ1) is 16.6. The fourth-order valence-corrected chi connectivity index (χ4v) is 5.06. The Bertz CT molecular complexity index is 1450. The highest BCUT2D eigenvalue weighted by molar-refractivity contribution is 9.10. The molecule has 0 saturated heterocycles. The van der Waals surface area contributed by atoms with Gasteiger partial charge in [-0.25, -0.2) is 12.8 Å². The molecule has 9 nitrogen and oxygen atoms in total. The van der Waals surface area contributed by atoms with Crippen LogP contribution in [0.15, 0.2) is 61.5 Å². The first-order valence-corrected chi connectivity index (χ1v) is 12.5. The Labute approximate surface area is 209 Å². The number of methoxy groups -OCH3 is 1. The van der Waals surface area contributed by atoms with Gasteiger partial charge < -0.3 is 14.6 Å². The van der Waals surface area contributed by atoms with Gasteiger partial charge in [0.1, 0.15) is 18.2 Å². The lowest BCUT2D eigenvalue weighted by Crippen LogP contribution is -2.35. The molecule has 0 aliphatic carbocycles. The van der Waals surface area contributed by atoms with Crippen molar-refractivity contribution in [2.24, 2.45) is 0 Å². The second kappa shape index (κ2) is 11.1. The molecule has 0 aliphatic rings. The number of hydrogen-bond donors (Lipinski definition) is 1. The Morgan fingerprint density at radius 2 is 2.03 bits per heavy atom. The van der Waals surface area contributed by atoms with Crippen molar-refractivity contribution >= 4 is 25.8 Å². The van der Waals surface area contributed by atoms with Crippen LogP contribution >= 0.6 is 15.9 Å². The number of nitrogens with zero attached hydrogens (tertiary/aromatic N) is 3. The third kappa shape index (κ3) is 5.43. The predicted octanol–water partition coefficient (Wildman–Crippen LogP) is 3.33. The van der Waals surface area contributed by atoms with Crippen LogP contribution in [-0.2, 0) is 25.9 Å². The van der Waals surface area contributed by atoms with Crippen LogP contribution in [0.5, 0.6) is 5.88 Å². The first kappa shape index (κ1) is 26.5. The van der Waals surface area contributed by atoms with E-state index in [9.17, 15) is 28.0 Å². The summed E-state index contributed by atoms with van der Waals surface area (Å²) < 4.78 is 52.5. The van der Waals surface area contributed by atoms with Crippen LogP contribution in [-0.4, -0.2) is 43.4 Å². The molecule has 0 aliphatic heterocycles. The van der Waals surface area contributed by atoms with Gasteiger partial charge >= 0.3 is 0 Å². The van der Waals surface area contributed by atoms with Crippen molar-refractivity contribution < 1.29 is 27.4 Å². The second-order valence-corrected chi connectivity index (χ2v) is 10.0. The summed E-state index contributed by atoms with van der Waals surface area (Å²) >= 11 is 2.95. The number of aromatic nitrogens is 2. The Balaban J connectivity index is 2.34. The van der Waals surface area contributed by atoms with Crippen LogP contribution in [0, 0.1) is 17.1 Å². The van der Waals surface area contributed by atoms with Crippen LogP contribution in [0.25, 0.3) is 0 Å². The summed E-state index contributed by atoms with van der Waals surface area (Å²) in [7, 11) is -3.29. The number of hydrogen-bond acceptors (Lipinski definition) is 8. The summed E-state index contributed by atoms with van der Waals surface area (Å²) in [5.41, 5.74) is -0.316. The van der Waals surface area contributed by atoms with E-state index in [0.29, 0.717) is 11.1 Å². The Hall–Kier alpha value is -3.11. The number of nitriles is 1. The zero-order chi connectivity index (χ0) is 25.8. The highest BCUT2D eigenvalue weighted by atomic mass is 79.9. The molecule has 0 fully saturated rings. The summed E-state index contributed by atoms with van der Waals surface area (Å²) in [6, 6.07) is 10.5. The summed E-state index contributed by atoms with van der Waals surface area (Å²) in [4.78, 5) is 16.1.